The van der Waals surface area contributed by atoms with Crippen molar-refractivity contribution in [3.8, 4) is 0 Å². The molecular formula is C18H31N3O. The molecule has 2 N–H and O–H groups in total. The Labute approximate surface area is 134 Å². The summed E-state index contributed by atoms with van der Waals surface area (Å²) in [6, 6.07) is 0. The van der Waals surface area contributed by atoms with E-state index in [1.165, 1.54) is 32.1 Å². The molecule has 0 radical (unpaired) electrons. The Hall–Kier alpha value is -1.16. The van der Waals surface area contributed by atoms with E-state index >= 15 is 0 Å². The molecule has 0 amide bonds. The van der Waals surface area contributed by atoms with E-state index < -0.39 is 0 Å². The van der Waals surface area contributed by atoms with Crippen molar-refractivity contribution in [1.29, 1.82) is 10.8 Å². The van der Waals surface area contributed by atoms with Crippen LogP contribution in [0.15, 0.2) is 11.6 Å². The van der Waals surface area contributed by atoms with Gasteiger partial charge in [-0.1, -0.05) is 32.3 Å². The lowest BCUT2D eigenvalue weighted by atomic mass is 9.99. The van der Waals surface area contributed by atoms with Gasteiger partial charge in [0.1, 0.15) is 5.71 Å². The Morgan fingerprint density at radius 2 is 2.09 bits per heavy atom. The van der Waals surface area contributed by atoms with E-state index in [9.17, 15) is 0 Å². The minimum Gasteiger partial charge on any atom is -0.477 e. The van der Waals surface area contributed by atoms with Crippen LogP contribution in [0.25, 0.3) is 0 Å². The van der Waals surface area contributed by atoms with Crippen molar-refractivity contribution >= 4 is 11.6 Å². The Kier molecular flexibility index (Phi) is 6.62. The second-order valence-electron chi connectivity index (χ2n) is 6.97. The fourth-order valence-corrected chi connectivity index (χ4v) is 3.11. The van der Waals surface area contributed by atoms with Crippen LogP contribution in [0, 0.1) is 22.7 Å². The number of hydrogen-bond acceptors (Lipinski definition) is 4. The SMILES string of the molecule is CC(CCCCCOC(=N)C(=N)C1=CCCN(C)C1)C1CC1. The molecular weight excluding hydrogens is 274 g/mol. The van der Waals surface area contributed by atoms with E-state index in [0.717, 1.165) is 43.3 Å². The zero-order valence-electron chi connectivity index (χ0n) is 14.2. The van der Waals surface area contributed by atoms with Crippen molar-refractivity contribution in [3.63, 3.8) is 0 Å². The summed E-state index contributed by atoms with van der Waals surface area (Å²) < 4.78 is 5.46. The second kappa shape index (κ2) is 8.47. The summed E-state index contributed by atoms with van der Waals surface area (Å²) in [5.41, 5.74) is 1.19. The number of hydrogen-bond donors (Lipinski definition) is 2. The summed E-state index contributed by atoms with van der Waals surface area (Å²) in [4.78, 5) is 2.18. The third-order valence-electron chi connectivity index (χ3n) is 4.87. The molecule has 4 nitrogen and oxygen atoms in total. The van der Waals surface area contributed by atoms with Crippen molar-refractivity contribution in [2.45, 2.75) is 51.9 Å². The molecule has 4 heteroatoms. The van der Waals surface area contributed by atoms with Gasteiger partial charge in [0.2, 0.25) is 5.90 Å². The maximum Gasteiger partial charge on any atom is 0.232 e. The van der Waals surface area contributed by atoms with Crippen LogP contribution in [0.2, 0.25) is 0 Å². The van der Waals surface area contributed by atoms with Gasteiger partial charge in [0, 0.05) is 13.1 Å². The number of likely N-dealkylation sites (N-methyl/N-ethyl adjacent to an activating group) is 1. The Balaban J connectivity index is 1.55. The van der Waals surface area contributed by atoms with Gasteiger partial charge in [-0.15, -0.1) is 0 Å². The first kappa shape index (κ1) is 17.2. The Bertz CT molecular complexity index is 426. The quantitative estimate of drug-likeness (QED) is 0.386. The van der Waals surface area contributed by atoms with Gasteiger partial charge in [-0.3, -0.25) is 10.8 Å². The first-order valence-electron chi connectivity index (χ1n) is 8.76. The number of nitrogens with one attached hydrogen (secondary N) is 2. The molecule has 0 aromatic rings. The Morgan fingerprint density at radius 1 is 1.32 bits per heavy atom. The van der Waals surface area contributed by atoms with E-state index in [4.69, 9.17) is 15.6 Å². The van der Waals surface area contributed by atoms with Crippen LogP contribution < -0.4 is 0 Å². The fraction of sp³-hybridized carbons (Fsp3) is 0.778. The smallest absolute Gasteiger partial charge is 0.232 e. The third kappa shape index (κ3) is 5.56. The lowest BCUT2D eigenvalue weighted by molar-refractivity contribution is 0.292. The molecule has 2 aliphatic rings. The first-order valence-corrected chi connectivity index (χ1v) is 8.76. The monoisotopic (exact) mass is 305 g/mol. The highest BCUT2D eigenvalue weighted by atomic mass is 16.5. The van der Waals surface area contributed by atoms with E-state index in [1.807, 2.05) is 7.05 Å². The van der Waals surface area contributed by atoms with E-state index in [-0.39, 0.29) is 11.6 Å². The Morgan fingerprint density at radius 3 is 2.77 bits per heavy atom. The molecule has 0 aromatic carbocycles. The largest absolute Gasteiger partial charge is 0.477 e. The van der Waals surface area contributed by atoms with Gasteiger partial charge in [0.25, 0.3) is 0 Å². The van der Waals surface area contributed by atoms with Crippen molar-refractivity contribution in [3.05, 3.63) is 11.6 Å². The van der Waals surface area contributed by atoms with Crippen LogP contribution >= 0.6 is 0 Å². The molecule has 1 heterocycles. The van der Waals surface area contributed by atoms with Gasteiger partial charge in [-0.2, -0.15) is 0 Å². The van der Waals surface area contributed by atoms with Gasteiger partial charge >= 0.3 is 0 Å². The number of nitrogens with zero attached hydrogens (tertiary/aromatic N) is 1. The maximum absolute atomic E-state index is 8.06. The molecule has 1 fully saturated rings. The molecule has 2 rings (SSSR count). The summed E-state index contributed by atoms with van der Waals surface area (Å²) in [6.45, 7) is 4.73. The molecule has 1 aliphatic heterocycles. The number of rotatable bonds is 9. The van der Waals surface area contributed by atoms with Crippen LogP contribution in [-0.4, -0.2) is 43.3 Å². The molecule has 1 atom stereocenters. The topological polar surface area (TPSA) is 60.2 Å². The molecule has 1 aliphatic carbocycles. The number of unbranched alkanes of at least 4 members (excludes halogenated alkanes) is 2. The van der Waals surface area contributed by atoms with Crippen LogP contribution in [-0.2, 0) is 4.74 Å². The number of ether oxygens (including phenoxy) is 1. The van der Waals surface area contributed by atoms with Crippen molar-refractivity contribution in [2.24, 2.45) is 11.8 Å². The normalized spacial score (nSPS) is 20.4. The summed E-state index contributed by atoms with van der Waals surface area (Å²) in [5, 5.41) is 16.0. The zero-order valence-corrected chi connectivity index (χ0v) is 14.2. The average Bonchev–Trinajstić information content (AvgIpc) is 3.34. The van der Waals surface area contributed by atoms with E-state index in [0.29, 0.717) is 6.61 Å². The predicted molar refractivity (Wildman–Crippen MR) is 92.0 cm³/mol. The van der Waals surface area contributed by atoms with Crippen molar-refractivity contribution in [1.82, 2.24) is 4.90 Å². The highest BCUT2D eigenvalue weighted by Crippen LogP contribution is 2.38. The minimum atomic E-state index is 0.0351. The maximum atomic E-state index is 8.06. The van der Waals surface area contributed by atoms with E-state index in [2.05, 4.69) is 17.9 Å². The standard InChI is InChI=1S/C18H31N3O/c1-14(15-9-10-15)7-4-3-5-12-22-18(20)17(19)16-8-6-11-21(2)13-16/h8,14-15,19-20H,3-7,9-13H2,1-2H3. The van der Waals surface area contributed by atoms with Crippen molar-refractivity contribution in [2.75, 3.05) is 26.7 Å². The fourth-order valence-electron chi connectivity index (χ4n) is 3.11. The van der Waals surface area contributed by atoms with Crippen molar-refractivity contribution < 1.29 is 4.74 Å². The first-order chi connectivity index (χ1) is 10.6. The lowest BCUT2D eigenvalue weighted by Gasteiger charge is -2.23. The molecule has 0 spiro atoms. The minimum absolute atomic E-state index is 0.0351. The third-order valence-corrected chi connectivity index (χ3v) is 4.87. The zero-order chi connectivity index (χ0) is 15.9. The van der Waals surface area contributed by atoms with Gasteiger partial charge in [0.15, 0.2) is 0 Å². The highest BCUT2D eigenvalue weighted by Gasteiger charge is 2.27. The van der Waals surface area contributed by atoms with Gasteiger partial charge in [0.05, 0.1) is 6.61 Å². The van der Waals surface area contributed by atoms with Gasteiger partial charge in [-0.25, -0.2) is 0 Å². The van der Waals surface area contributed by atoms with Crippen LogP contribution in [0.1, 0.15) is 51.9 Å². The molecule has 0 saturated heterocycles. The van der Waals surface area contributed by atoms with Crippen LogP contribution in [0.3, 0.4) is 0 Å². The molecule has 124 valence electrons. The molecule has 1 saturated carbocycles. The van der Waals surface area contributed by atoms with Crippen LogP contribution in [0.5, 0.6) is 0 Å². The van der Waals surface area contributed by atoms with E-state index in [1.54, 1.807) is 0 Å². The molecule has 0 bridgehead atoms. The van der Waals surface area contributed by atoms with Gasteiger partial charge < -0.3 is 9.64 Å². The van der Waals surface area contributed by atoms with Gasteiger partial charge in [-0.05, 0) is 50.1 Å². The summed E-state index contributed by atoms with van der Waals surface area (Å²) in [6.07, 6.45) is 10.7. The average molecular weight is 305 g/mol. The molecule has 0 aromatic heterocycles. The summed E-state index contributed by atoms with van der Waals surface area (Å²) >= 11 is 0. The second-order valence-corrected chi connectivity index (χ2v) is 6.97. The molecule has 1 unspecified atom stereocenters. The van der Waals surface area contributed by atoms with Crippen LogP contribution in [0.4, 0.5) is 0 Å². The lowest BCUT2D eigenvalue weighted by Crippen LogP contribution is -2.31. The summed E-state index contributed by atoms with van der Waals surface area (Å²) in [7, 11) is 2.05. The molecule has 22 heavy (non-hydrogen) atoms. The highest BCUT2D eigenvalue weighted by molar-refractivity contribution is 6.43. The summed E-state index contributed by atoms with van der Waals surface area (Å²) in [5.74, 6) is 1.93. The predicted octanol–water partition coefficient (Wildman–Crippen LogP) is 3.87.